The number of rotatable bonds is 4. The van der Waals surface area contributed by atoms with Crippen LogP contribution in [0.2, 0.25) is 5.02 Å². The van der Waals surface area contributed by atoms with Gasteiger partial charge >= 0.3 is 0 Å². The van der Waals surface area contributed by atoms with Crippen molar-refractivity contribution >= 4 is 33.0 Å². The second-order valence-electron chi connectivity index (χ2n) is 5.80. The smallest absolute Gasteiger partial charge is 0.291 e. The van der Waals surface area contributed by atoms with Crippen LogP contribution < -0.4 is 5.32 Å². The first-order chi connectivity index (χ1) is 12.3. The SMILES string of the molecule is Cc1cccc(C)c1NC(=O)c1ccc(S(=O)(=O)c2ccc(Cl)cc2)o1. The molecule has 1 aromatic heterocycles. The topological polar surface area (TPSA) is 76.4 Å². The highest BCUT2D eigenvalue weighted by molar-refractivity contribution is 7.91. The van der Waals surface area contributed by atoms with Gasteiger partial charge in [0.05, 0.1) is 4.90 Å². The third-order valence-corrected chi connectivity index (χ3v) is 5.81. The molecule has 0 unspecified atom stereocenters. The number of carbonyl (C=O) groups excluding carboxylic acids is 1. The van der Waals surface area contributed by atoms with Crippen molar-refractivity contribution in [1.82, 2.24) is 0 Å². The molecular weight excluding hydrogens is 374 g/mol. The molecule has 1 amide bonds. The number of amides is 1. The maximum absolute atomic E-state index is 12.6. The molecule has 0 saturated heterocycles. The number of sulfone groups is 1. The fraction of sp³-hybridized carbons (Fsp3) is 0.105. The van der Waals surface area contributed by atoms with Gasteiger partial charge in [-0.25, -0.2) is 8.42 Å². The molecule has 1 heterocycles. The fourth-order valence-electron chi connectivity index (χ4n) is 2.50. The summed E-state index contributed by atoms with van der Waals surface area (Å²) in [4.78, 5) is 12.5. The van der Waals surface area contributed by atoms with Crippen LogP contribution >= 0.6 is 11.6 Å². The van der Waals surface area contributed by atoms with Gasteiger partial charge in [0.1, 0.15) is 0 Å². The molecular formula is C19H16ClNO4S. The van der Waals surface area contributed by atoms with Gasteiger partial charge in [-0.3, -0.25) is 4.79 Å². The zero-order chi connectivity index (χ0) is 18.9. The first kappa shape index (κ1) is 18.2. The van der Waals surface area contributed by atoms with Crippen LogP contribution in [-0.2, 0) is 9.84 Å². The third-order valence-electron chi connectivity index (χ3n) is 3.91. The van der Waals surface area contributed by atoms with Crippen LogP contribution in [0, 0.1) is 13.8 Å². The van der Waals surface area contributed by atoms with Crippen LogP contribution in [0.1, 0.15) is 21.7 Å². The first-order valence-corrected chi connectivity index (χ1v) is 9.63. The maximum atomic E-state index is 12.6. The van der Waals surface area contributed by atoms with E-state index in [1.54, 1.807) is 0 Å². The highest BCUT2D eigenvalue weighted by atomic mass is 35.5. The van der Waals surface area contributed by atoms with Gasteiger partial charge in [0.15, 0.2) is 5.76 Å². The zero-order valence-electron chi connectivity index (χ0n) is 14.1. The van der Waals surface area contributed by atoms with Crippen molar-refractivity contribution in [3.8, 4) is 0 Å². The minimum Gasteiger partial charge on any atom is -0.439 e. The third kappa shape index (κ3) is 3.52. The van der Waals surface area contributed by atoms with Gasteiger partial charge in [0, 0.05) is 10.7 Å². The van der Waals surface area contributed by atoms with E-state index in [1.165, 1.54) is 36.4 Å². The van der Waals surface area contributed by atoms with Crippen LogP contribution in [0.5, 0.6) is 0 Å². The van der Waals surface area contributed by atoms with E-state index in [0.29, 0.717) is 10.7 Å². The summed E-state index contributed by atoms with van der Waals surface area (Å²) < 4.78 is 30.5. The monoisotopic (exact) mass is 389 g/mol. The Morgan fingerprint density at radius 3 is 2.19 bits per heavy atom. The second-order valence-corrected chi connectivity index (χ2v) is 8.11. The Bertz CT molecular complexity index is 1050. The number of hydrogen-bond acceptors (Lipinski definition) is 4. The van der Waals surface area contributed by atoms with Gasteiger partial charge in [-0.15, -0.1) is 0 Å². The number of benzene rings is 2. The van der Waals surface area contributed by atoms with Gasteiger partial charge in [-0.2, -0.15) is 0 Å². The molecule has 26 heavy (non-hydrogen) atoms. The van der Waals surface area contributed by atoms with Gasteiger partial charge in [-0.1, -0.05) is 29.8 Å². The van der Waals surface area contributed by atoms with E-state index in [-0.39, 0.29) is 15.7 Å². The fourth-order valence-corrected chi connectivity index (χ4v) is 3.80. The number of hydrogen-bond donors (Lipinski definition) is 1. The molecule has 0 spiro atoms. The summed E-state index contributed by atoms with van der Waals surface area (Å²) in [5, 5.41) is 2.89. The Labute approximate surface area is 156 Å². The predicted octanol–water partition coefficient (Wildman–Crippen LogP) is 4.63. The molecule has 0 fully saturated rings. The van der Waals surface area contributed by atoms with E-state index in [1.807, 2.05) is 32.0 Å². The first-order valence-electron chi connectivity index (χ1n) is 7.77. The molecule has 0 saturated carbocycles. The maximum Gasteiger partial charge on any atom is 0.291 e. The van der Waals surface area contributed by atoms with E-state index >= 15 is 0 Å². The molecule has 0 aliphatic heterocycles. The van der Waals surface area contributed by atoms with Crippen LogP contribution in [0.4, 0.5) is 5.69 Å². The minimum absolute atomic E-state index is 0.0398. The average Bonchev–Trinajstić information content (AvgIpc) is 3.09. The van der Waals surface area contributed by atoms with E-state index in [0.717, 1.165) is 11.1 Å². The summed E-state index contributed by atoms with van der Waals surface area (Å²) >= 11 is 5.78. The zero-order valence-corrected chi connectivity index (χ0v) is 15.7. The number of nitrogens with one attached hydrogen (secondary N) is 1. The van der Waals surface area contributed by atoms with Gasteiger partial charge < -0.3 is 9.73 Å². The van der Waals surface area contributed by atoms with Crippen molar-refractivity contribution < 1.29 is 17.6 Å². The summed E-state index contributed by atoms with van der Waals surface area (Å²) in [6.45, 7) is 3.75. The Hall–Kier alpha value is -2.57. The van der Waals surface area contributed by atoms with E-state index < -0.39 is 15.7 Å². The summed E-state index contributed by atoms with van der Waals surface area (Å²) in [6.07, 6.45) is 0. The highest BCUT2D eigenvalue weighted by Crippen LogP contribution is 2.25. The van der Waals surface area contributed by atoms with Crippen LogP contribution in [-0.4, -0.2) is 14.3 Å². The van der Waals surface area contributed by atoms with Gasteiger partial charge in [0.25, 0.3) is 5.91 Å². The number of para-hydroxylation sites is 1. The van der Waals surface area contributed by atoms with Gasteiger partial charge in [-0.05, 0) is 61.4 Å². The number of carbonyl (C=O) groups is 1. The molecule has 3 rings (SSSR count). The number of furan rings is 1. The lowest BCUT2D eigenvalue weighted by Crippen LogP contribution is -2.13. The van der Waals surface area contributed by atoms with Crippen molar-refractivity contribution in [3.05, 3.63) is 76.5 Å². The summed E-state index contributed by atoms with van der Waals surface area (Å²) in [5.74, 6) is -0.597. The van der Waals surface area contributed by atoms with Crippen LogP contribution in [0.3, 0.4) is 0 Å². The molecule has 0 atom stereocenters. The lowest BCUT2D eigenvalue weighted by Gasteiger charge is -2.10. The normalized spacial score (nSPS) is 11.3. The van der Waals surface area contributed by atoms with Crippen molar-refractivity contribution in [3.63, 3.8) is 0 Å². The molecule has 0 aliphatic carbocycles. The quantitative estimate of drug-likeness (QED) is 0.705. The number of anilines is 1. The Balaban J connectivity index is 1.87. The lowest BCUT2D eigenvalue weighted by atomic mass is 10.1. The molecule has 0 bridgehead atoms. The van der Waals surface area contributed by atoms with Crippen molar-refractivity contribution in [2.24, 2.45) is 0 Å². The second kappa shape index (κ2) is 6.97. The summed E-state index contributed by atoms with van der Waals surface area (Å²) in [6, 6.07) is 14.0. The Morgan fingerprint density at radius 2 is 1.58 bits per heavy atom. The van der Waals surface area contributed by atoms with Crippen LogP contribution in [0.15, 0.2) is 69.0 Å². The molecule has 5 nitrogen and oxygen atoms in total. The molecule has 1 N–H and O–H groups in total. The van der Waals surface area contributed by atoms with Gasteiger partial charge in [0.2, 0.25) is 14.9 Å². The summed E-state index contributed by atoms with van der Waals surface area (Å²) in [7, 11) is -3.86. The van der Waals surface area contributed by atoms with E-state index in [9.17, 15) is 13.2 Å². The Morgan fingerprint density at radius 1 is 0.962 bits per heavy atom. The molecule has 7 heteroatoms. The lowest BCUT2D eigenvalue weighted by molar-refractivity contribution is 0.0991. The molecule has 3 aromatic rings. The van der Waals surface area contributed by atoms with Crippen molar-refractivity contribution in [1.29, 1.82) is 0 Å². The van der Waals surface area contributed by atoms with E-state index in [2.05, 4.69) is 5.32 Å². The number of halogens is 1. The predicted molar refractivity (Wildman–Crippen MR) is 99.5 cm³/mol. The van der Waals surface area contributed by atoms with Crippen molar-refractivity contribution in [2.45, 2.75) is 23.8 Å². The standard InChI is InChI=1S/C19H16ClNO4S/c1-12-4-3-5-13(2)18(12)21-19(22)16-10-11-17(25-16)26(23,24)15-8-6-14(20)7-9-15/h3-11H,1-2H3,(H,21,22). The Kier molecular flexibility index (Phi) is 4.89. The molecule has 2 aromatic carbocycles. The van der Waals surface area contributed by atoms with Crippen molar-refractivity contribution in [2.75, 3.05) is 5.32 Å². The minimum atomic E-state index is -3.86. The number of aryl methyl sites for hydroxylation is 2. The molecule has 0 radical (unpaired) electrons. The molecule has 0 aliphatic rings. The summed E-state index contributed by atoms with van der Waals surface area (Å²) in [5.41, 5.74) is 2.48. The molecule has 134 valence electrons. The van der Waals surface area contributed by atoms with E-state index in [4.69, 9.17) is 16.0 Å². The highest BCUT2D eigenvalue weighted by Gasteiger charge is 2.24. The largest absolute Gasteiger partial charge is 0.439 e. The van der Waals surface area contributed by atoms with Crippen LogP contribution in [0.25, 0.3) is 0 Å². The average molecular weight is 390 g/mol.